The van der Waals surface area contributed by atoms with Gasteiger partial charge in [0.25, 0.3) is 5.91 Å². The molecule has 1 aliphatic rings. The standard InChI is InChI=1S/C18H20N2O2/c1-22-12-13-2-5-15(6-3-13)18(21)20-9-14-4-7-16-10-19-11-17(16)8-14/h2-8,19H,9-12H2,1H3,(H,20,21). The molecule has 0 saturated carbocycles. The molecule has 1 aliphatic heterocycles. The SMILES string of the molecule is COCc1ccc(C(=O)NCc2ccc3c(c2)CNC3)cc1. The lowest BCUT2D eigenvalue weighted by molar-refractivity contribution is 0.0951. The molecular formula is C18H20N2O2. The predicted molar refractivity (Wildman–Crippen MR) is 85.3 cm³/mol. The van der Waals surface area contributed by atoms with Crippen LogP contribution in [0.1, 0.15) is 32.6 Å². The minimum atomic E-state index is -0.0532. The molecule has 4 heteroatoms. The predicted octanol–water partition coefficient (Wildman–Crippen LogP) is 2.37. The van der Waals surface area contributed by atoms with Crippen molar-refractivity contribution in [3.63, 3.8) is 0 Å². The first-order valence-corrected chi connectivity index (χ1v) is 7.44. The van der Waals surface area contributed by atoms with Gasteiger partial charge in [0, 0.05) is 32.3 Å². The molecule has 0 fully saturated rings. The molecule has 0 saturated heterocycles. The summed E-state index contributed by atoms with van der Waals surface area (Å²) >= 11 is 0. The summed E-state index contributed by atoms with van der Waals surface area (Å²) in [6, 6.07) is 13.9. The van der Waals surface area contributed by atoms with E-state index in [2.05, 4.69) is 28.8 Å². The summed E-state index contributed by atoms with van der Waals surface area (Å²) in [5.41, 5.74) is 5.54. The van der Waals surface area contributed by atoms with Gasteiger partial charge >= 0.3 is 0 Å². The molecule has 2 aromatic carbocycles. The van der Waals surface area contributed by atoms with Crippen LogP contribution in [0.2, 0.25) is 0 Å². The van der Waals surface area contributed by atoms with Crippen LogP contribution in [0.15, 0.2) is 42.5 Å². The maximum atomic E-state index is 12.2. The summed E-state index contributed by atoms with van der Waals surface area (Å²) in [5, 5.41) is 6.29. The Morgan fingerprint density at radius 2 is 1.82 bits per heavy atom. The Balaban J connectivity index is 1.60. The van der Waals surface area contributed by atoms with E-state index >= 15 is 0 Å². The molecule has 0 unspecified atom stereocenters. The van der Waals surface area contributed by atoms with Crippen molar-refractivity contribution >= 4 is 5.91 Å². The molecule has 22 heavy (non-hydrogen) atoms. The average molecular weight is 296 g/mol. The van der Waals surface area contributed by atoms with E-state index in [1.165, 1.54) is 11.1 Å². The van der Waals surface area contributed by atoms with Crippen LogP contribution >= 0.6 is 0 Å². The molecule has 0 atom stereocenters. The van der Waals surface area contributed by atoms with Crippen LogP contribution in [0.5, 0.6) is 0 Å². The Morgan fingerprint density at radius 3 is 2.59 bits per heavy atom. The van der Waals surface area contributed by atoms with Crippen molar-refractivity contribution in [3.8, 4) is 0 Å². The van der Waals surface area contributed by atoms with Crippen molar-refractivity contribution in [1.82, 2.24) is 10.6 Å². The number of carbonyl (C=O) groups is 1. The Labute approximate surface area is 130 Å². The van der Waals surface area contributed by atoms with Gasteiger partial charge in [-0.15, -0.1) is 0 Å². The Hall–Kier alpha value is -2.17. The van der Waals surface area contributed by atoms with E-state index in [0.29, 0.717) is 18.7 Å². The molecule has 2 N–H and O–H groups in total. The Kier molecular flexibility index (Phi) is 4.51. The average Bonchev–Trinajstić information content (AvgIpc) is 3.01. The number of fused-ring (bicyclic) bond motifs is 1. The number of hydrogen-bond acceptors (Lipinski definition) is 3. The van der Waals surface area contributed by atoms with Gasteiger partial charge in [-0.2, -0.15) is 0 Å². The summed E-state index contributed by atoms with van der Waals surface area (Å²) in [6.07, 6.45) is 0. The zero-order chi connectivity index (χ0) is 15.4. The fraction of sp³-hybridized carbons (Fsp3) is 0.278. The van der Waals surface area contributed by atoms with E-state index in [4.69, 9.17) is 4.74 Å². The first-order chi connectivity index (χ1) is 10.8. The van der Waals surface area contributed by atoms with Crippen molar-refractivity contribution in [3.05, 3.63) is 70.3 Å². The molecule has 0 bridgehead atoms. The molecular weight excluding hydrogens is 276 g/mol. The van der Waals surface area contributed by atoms with Gasteiger partial charge in [-0.1, -0.05) is 30.3 Å². The first-order valence-electron chi connectivity index (χ1n) is 7.44. The maximum absolute atomic E-state index is 12.2. The zero-order valence-electron chi connectivity index (χ0n) is 12.7. The van der Waals surface area contributed by atoms with Gasteiger partial charge < -0.3 is 15.4 Å². The third kappa shape index (κ3) is 3.35. The molecule has 114 valence electrons. The van der Waals surface area contributed by atoms with Gasteiger partial charge in [0.1, 0.15) is 0 Å². The van der Waals surface area contributed by atoms with Gasteiger partial charge in [-0.3, -0.25) is 4.79 Å². The van der Waals surface area contributed by atoms with Crippen molar-refractivity contribution < 1.29 is 9.53 Å². The monoisotopic (exact) mass is 296 g/mol. The van der Waals surface area contributed by atoms with Gasteiger partial charge in [0.15, 0.2) is 0 Å². The van der Waals surface area contributed by atoms with Gasteiger partial charge in [-0.05, 0) is 34.4 Å². The molecule has 1 heterocycles. The van der Waals surface area contributed by atoms with Gasteiger partial charge in [0.2, 0.25) is 0 Å². The number of amides is 1. The summed E-state index contributed by atoms with van der Waals surface area (Å²) < 4.78 is 5.06. The highest BCUT2D eigenvalue weighted by Crippen LogP contribution is 2.17. The summed E-state index contributed by atoms with van der Waals surface area (Å²) in [7, 11) is 1.66. The molecule has 0 radical (unpaired) electrons. The van der Waals surface area contributed by atoms with E-state index in [-0.39, 0.29) is 5.91 Å². The number of carbonyl (C=O) groups excluding carboxylic acids is 1. The van der Waals surface area contributed by atoms with E-state index in [0.717, 1.165) is 24.2 Å². The highest BCUT2D eigenvalue weighted by atomic mass is 16.5. The van der Waals surface area contributed by atoms with Crippen LogP contribution < -0.4 is 10.6 Å². The Bertz CT molecular complexity index is 665. The quantitative estimate of drug-likeness (QED) is 0.890. The van der Waals surface area contributed by atoms with Crippen LogP contribution in [-0.4, -0.2) is 13.0 Å². The van der Waals surface area contributed by atoms with Crippen LogP contribution in [0, 0.1) is 0 Å². The van der Waals surface area contributed by atoms with Crippen LogP contribution in [0.25, 0.3) is 0 Å². The lowest BCUT2D eigenvalue weighted by Gasteiger charge is -2.08. The first kappa shape index (κ1) is 14.8. The number of nitrogens with one attached hydrogen (secondary N) is 2. The number of ether oxygens (including phenoxy) is 1. The third-order valence-corrected chi connectivity index (χ3v) is 3.88. The largest absolute Gasteiger partial charge is 0.380 e. The molecule has 4 nitrogen and oxygen atoms in total. The van der Waals surface area contributed by atoms with Crippen LogP contribution in [-0.2, 0) is 31.0 Å². The van der Waals surface area contributed by atoms with Crippen LogP contribution in [0.3, 0.4) is 0 Å². The van der Waals surface area contributed by atoms with Crippen LogP contribution in [0.4, 0.5) is 0 Å². The molecule has 2 aromatic rings. The van der Waals surface area contributed by atoms with E-state index in [9.17, 15) is 4.79 Å². The van der Waals surface area contributed by atoms with E-state index in [1.54, 1.807) is 7.11 Å². The fourth-order valence-corrected chi connectivity index (χ4v) is 2.66. The smallest absolute Gasteiger partial charge is 0.251 e. The molecule has 3 rings (SSSR count). The molecule has 0 spiro atoms. The number of hydrogen-bond donors (Lipinski definition) is 2. The van der Waals surface area contributed by atoms with E-state index in [1.807, 2.05) is 24.3 Å². The maximum Gasteiger partial charge on any atom is 0.251 e. The second kappa shape index (κ2) is 6.73. The molecule has 0 aromatic heterocycles. The van der Waals surface area contributed by atoms with Crippen molar-refractivity contribution in [1.29, 1.82) is 0 Å². The van der Waals surface area contributed by atoms with E-state index < -0.39 is 0 Å². The molecule has 0 aliphatic carbocycles. The second-order valence-electron chi connectivity index (χ2n) is 5.52. The van der Waals surface area contributed by atoms with Gasteiger partial charge in [-0.25, -0.2) is 0 Å². The minimum Gasteiger partial charge on any atom is -0.380 e. The second-order valence-corrected chi connectivity index (χ2v) is 5.52. The summed E-state index contributed by atoms with van der Waals surface area (Å²) in [4.78, 5) is 12.2. The third-order valence-electron chi connectivity index (χ3n) is 3.88. The lowest BCUT2D eigenvalue weighted by atomic mass is 10.1. The number of methoxy groups -OCH3 is 1. The zero-order valence-corrected chi connectivity index (χ0v) is 12.7. The van der Waals surface area contributed by atoms with Crippen molar-refractivity contribution in [2.24, 2.45) is 0 Å². The van der Waals surface area contributed by atoms with Crippen molar-refractivity contribution in [2.45, 2.75) is 26.2 Å². The lowest BCUT2D eigenvalue weighted by Crippen LogP contribution is -2.22. The van der Waals surface area contributed by atoms with Crippen molar-refractivity contribution in [2.75, 3.05) is 7.11 Å². The van der Waals surface area contributed by atoms with Gasteiger partial charge in [0.05, 0.1) is 6.61 Å². The summed E-state index contributed by atoms with van der Waals surface area (Å²) in [5.74, 6) is -0.0532. The molecule has 1 amide bonds. The fourth-order valence-electron chi connectivity index (χ4n) is 2.66. The normalized spacial score (nSPS) is 13.0. The highest BCUT2D eigenvalue weighted by molar-refractivity contribution is 5.94. The highest BCUT2D eigenvalue weighted by Gasteiger charge is 2.11. The Morgan fingerprint density at radius 1 is 1.09 bits per heavy atom. The number of benzene rings is 2. The topological polar surface area (TPSA) is 50.4 Å². The number of rotatable bonds is 5. The minimum absolute atomic E-state index is 0.0532. The summed E-state index contributed by atoms with van der Waals surface area (Å²) in [6.45, 7) is 2.96.